The molecule has 0 N–H and O–H groups in total. The van der Waals surface area contributed by atoms with Crippen LogP contribution in [0.4, 0.5) is 19.6 Å². The number of hydrogen-bond acceptors (Lipinski definition) is 6. The monoisotopic (exact) mass is 420 g/mol. The summed E-state index contributed by atoms with van der Waals surface area (Å²) in [6, 6.07) is 7.29. The van der Waals surface area contributed by atoms with Crippen molar-refractivity contribution in [2.75, 3.05) is 32.1 Å². The molecule has 152 valence electrons. The molecule has 29 heavy (non-hydrogen) atoms. The predicted molar refractivity (Wildman–Crippen MR) is 107 cm³/mol. The lowest BCUT2D eigenvalue weighted by atomic mass is 10.1. The van der Waals surface area contributed by atoms with E-state index in [-0.39, 0.29) is 33.1 Å². The van der Waals surface area contributed by atoms with Crippen molar-refractivity contribution in [2.45, 2.75) is 6.42 Å². The fourth-order valence-corrected chi connectivity index (χ4v) is 3.83. The van der Waals surface area contributed by atoms with Crippen molar-refractivity contribution in [2.24, 2.45) is 0 Å². The minimum atomic E-state index is -0.807. The third-order valence-corrected chi connectivity index (χ3v) is 5.19. The van der Waals surface area contributed by atoms with Crippen LogP contribution in [0.15, 0.2) is 36.4 Å². The minimum absolute atomic E-state index is 0.0177. The van der Waals surface area contributed by atoms with Crippen LogP contribution in [0.25, 0.3) is 10.2 Å². The van der Waals surface area contributed by atoms with Gasteiger partial charge in [0.2, 0.25) is 0 Å². The first-order valence-electron chi connectivity index (χ1n) is 8.73. The Balaban J connectivity index is 2.00. The molecule has 0 radical (unpaired) electrons. The maximum atomic E-state index is 14.1. The molecule has 1 aromatic heterocycles. The van der Waals surface area contributed by atoms with Crippen molar-refractivity contribution in [3.8, 4) is 0 Å². The number of hydrogen-bond donors (Lipinski definition) is 0. The van der Waals surface area contributed by atoms with E-state index in [9.17, 15) is 23.7 Å². The average molecular weight is 420 g/mol. The molecule has 0 unspecified atom stereocenters. The van der Waals surface area contributed by atoms with Crippen molar-refractivity contribution in [1.29, 1.82) is 0 Å². The van der Waals surface area contributed by atoms with Crippen molar-refractivity contribution < 1.29 is 18.5 Å². The second-order valence-corrected chi connectivity index (χ2v) is 7.66. The highest BCUT2D eigenvalue weighted by Gasteiger charge is 2.23. The number of amides is 1. The van der Waals surface area contributed by atoms with E-state index in [0.29, 0.717) is 13.0 Å². The molecule has 1 heterocycles. The van der Waals surface area contributed by atoms with Crippen LogP contribution in [0.5, 0.6) is 0 Å². The predicted octanol–water partition coefficient (Wildman–Crippen LogP) is 4.08. The van der Waals surface area contributed by atoms with Gasteiger partial charge in [-0.1, -0.05) is 17.4 Å². The number of nitrogens with zero attached hydrogens (tertiary/aromatic N) is 4. The summed E-state index contributed by atoms with van der Waals surface area (Å²) in [5.41, 5.74) is -0.104. The molecule has 0 aliphatic carbocycles. The number of benzene rings is 2. The summed E-state index contributed by atoms with van der Waals surface area (Å²) >= 11 is 0.993. The normalized spacial score (nSPS) is 11.2. The maximum Gasteiger partial charge on any atom is 0.270 e. The molecule has 0 aliphatic rings. The van der Waals surface area contributed by atoms with E-state index >= 15 is 0 Å². The molecule has 3 rings (SSSR count). The van der Waals surface area contributed by atoms with Gasteiger partial charge in [0.05, 0.1) is 9.62 Å². The Morgan fingerprint density at radius 1 is 1.21 bits per heavy atom. The van der Waals surface area contributed by atoms with Crippen molar-refractivity contribution >= 4 is 38.3 Å². The van der Waals surface area contributed by atoms with Gasteiger partial charge in [0.15, 0.2) is 10.9 Å². The number of halogens is 2. The largest absolute Gasteiger partial charge is 0.309 e. The Labute approximate surface area is 169 Å². The molecule has 0 saturated heterocycles. The highest BCUT2D eigenvalue weighted by molar-refractivity contribution is 7.22. The Morgan fingerprint density at radius 3 is 2.66 bits per heavy atom. The lowest BCUT2D eigenvalue weighted by Gasteiger charge is -2.21. The van der Waals surface area contributed by atoms with Crippen LogP contribution in [0.2, 0.25) is 0 Å². The summed E-state index contributed by atoms with van der Waals surface area (Å²) in [5, 5.41) is 11.2. The average Bonchev–Trinajstić information content (AvgIpc) is 3.08. The molecule has 0 spiro atoms. The van der Waals surface area contributed by atoms with Crippen LogP contribution in [0.3, 0.4) is 0 Å². The molecule has 0 aliphatic heterocycles. The highest BCUT2D eigenvalue weighted by Crippen LogP contribution is 2.32. The summed E-state index contributed by atoms with van der Waals surface area (Å²) in [4.78, 5) is 31.1. The van der Waals surface area contributed by atoms with E-state index in [4.69, 9.17) is 0 Å². The van der Waals surface area contributed by atoms with Crippen LogP contribution in [0.1, 0.15) is 16.8 Å². The number of thiazole rings is 1. The van der Waals surface area contributed by atoms with Gasteiger partial charge in [0, 0.05) is 30.3 Å². The molecule has 3 aromatic rings. The smallest absolute Gasteiger partial charge is 0.270 e. The number of anilines is 1. The number of non-ortho nitro benzene ring substituents is 1. The second-order valence-electron chi connectivity index (χ2n) is 6.65. The fraction of sp³-hybridized carbons (Fsp3) is 0.263. The summed E-state index contributed by atoms with van der Waals surface area (Å²) in [5.74, 6) is -2.03. The number of carbonyl (C=O) groups is 1. The maximum absolute atomic E-state index is 14.1. The number of nitro groups is 1. The number of carbonyl (C=O) groups excluding carboxylic acids is 1. The van der Waals surface area contributed by atoms with Crippen molar-refractivity contribution in [1.82, 2.24) is 9.88 Å². The minimum Gasteiger partial charge on any atom is -0.309 e. The molecule has 7 nitrogen and oxygen atoms in total. The zero-order chi connectivity index (χ0) is 21.1. The molecular weight excluding hydrogens is 402 g/mol. The third-order valence-electron chi connectivity index (χ3n) is 4.17. The zero-order valence-electron chi connectivity index (χ0n) is 15.8. The standard InChI is InChI=1S/C19H18F2N4O3S/c1-23(2)7-4-8-24(18(26)12-5-3-6-14(9-12)25(27)28)19-22-17-15(21)10-13(20)11-16(17)29-19/h3,5-6,9-11H,4,7-8H2,1-2H3. The molecule has 0 bridgehead atoms. The van der Waals surface area contributed by atoms with Crippen LogP contribution in [0, 0.1) is 21.7 Å². The number of fused-ring (bicyclic) bond motifs is 1. The van der Waals surface area contributed by atoms with E-state index < -0.39 is 22.5 Å². The van der Waals surface area contributed by atoms with E-state index in [0.717, 1.165) is 23.5 Å². The number of nitro benzene ring substituents is 1. The fourth-order valence-electron chi connectivity index (χ4n) is 2.80. The van der Waals surface area contributed by atoms with Gasteiger partial charge in [-0.15, -0.1) is 0 Å². The SMILES string of the molecule is CN(C)CCCN(C(=O)c1cccc([N+](=O)[O-])c1)c1nc2c(F)cc(F)cc2s1. The molecule has 0 fully saturated rings. The van der Waals surface area contributed by atoms with Gasteiger partial charge in [-0.2, -0.15) is 0 Å². The second kappa shape index (κ2) is 8.58. The molecule has 2 aromatic carbocycles. The summed E-state index contributed by atoms with van der Waals surface area (Å²) in [6.07, 6.45) is 0.598. The van der Waals surface area contributed by atoms with Gasteiger partial charge < -0.3 is 4.90 Å². The Bertz CT molecular complexity index is 1070. The molecule has 0 atom stereocenters. The summed E-state index contributed by atoms with van der Waals surface area (Å²) in [6.45, 7) is 0.955. The van der Waals surface area contributed by atoms with Crippen LogP contribution in [-0.4, -0.2) is 47.9 Å². The van der Waals surface area contributed by atoms with Gasteiger partial charge in [0.1, 0.15) is 11.3 Å². The third kappa shape index (κ3) is 4.72. The van der Waals surface area contributed by atoms with Gasteiger partial charge in [-0.3, -0.25) is 19.8 Å². The quantitative estimate of drug-likeness (QED) is 0.425. The van der Waals surface area contributed by atoms with Gasteiger partial charge in [-0.25, -0.2) is 13.8 Å². The van der Waals surface area contributed by atoms with Gasteiger partial charge in [-0.05, 0) is 39.2 Å². The molecule has 10 heteroatoms. The lowest BCUT2D eigenvalue weighted by Crippen LogP contribution is -2.33. The zero-order valence-corrected chi connectivity index (χ0v) is 16.6. The topological polar surface area (TPSA) is 79.6 Å². The lowest BCUT2D eigenvalue weighted by molar-refractivity contribution is -0.384. The van der Waals surface area contributed by atoms with Crippen LogP contribution < -0.4 is 4.90 Å². The van der Waals surface area contributed by atoms with E-state index in [2.05, 4.69) is 4.98 Å². The van der Waals surface area contributed by atoms with Crippen LogP contribution >= 0.6 is 11.3 Å². The highest BCUT2D eigenvalue weighted by atomic mass is 32.1. The summed E-state index contributed by atoms with van der Waals surface area (Å²) < 4.78 is 27.9. The van der Waals surface area contributed by atoms with E-state index in [1.165, 1.54) is 29.2 Å². The number of aromatic nitrogens is 1. The van der Waals surface area contributed by atoms with E-state index in [1.54, 1.807) is 0 Å². The van der Waals surface area contributed by atoms with Gasteiger partial charge >= 0.3 is 0 Å². The first kappa shape index (κ1) is 20.7. The van der Waals surface area contributed by atoms with E-state index in [1.807, 2.05) is 19.0 Å². The Morgan fingerprint density at radius 2 is 1.97 bits per heavy atom. The van der Waals surface area contributed by atoms with Crippen molar-refractivity contribution in [3.05, 3.63) is 63.7 Å². The van der Waals surface area contributed by atoms with Crippen LogP contribution in [-0.2, 0) is 0 Å². The molecular formula is C19H18F2N4O3S. The number of rotatable bonds is 7. The van der Waals surface area contributed by atoms with Gasteiger partial charge in [0.25, 0.3) is 11.6 Å². The Hall–Kier alpha value is -2.98. The summed E-state index contributed by atoms with van der Waals surface area (Å²) in [7, 11) is 3.78. The first-order chi connectivity index (χ1) is 13.8. The molecule has 1 amide bonds. The van der Waals surface area contributed by atoms with Crippen molar-refractivity contribution in [3.63, 3.8) is 0 Å². The molecule has 0 saturated carbocycles. The Kier molecular flexibility index (Phi) is 6.14. The first-order valence-corrected chi connectivity index (χ1v) is 9.54.